The SMILES string of the molecule is Cc1cc(C)c2c(N(C)C)nc(C(=O)Nc3ccc(Cl)cc3C)nc2n1. The first-order valence-electron chi connectivity index (χ1n) is 8.17. The lowest BCUT2D eigenvalue weighted by molar-refractivity contribution is 0.101. The molecule has 3 aromatic rings. The fourth-order valence-electron chi connectivity index (χ4n) is 2.83. The number of carbonyl (C=O) groups is 1. The van der Waals surface area contributed by atoms with E-state index in [1.54, 1.807) is 18.2 Å². The fourth-order valence-corrected chi connectivity index (χ4v) is 3.05. The Morgan fingerprint density at radius 1 is 1.04 bits per heavy atom. The Morgan fingerprint density at radius 3 is 2.42 bits per heavy atom. The van der Waals surface area contributed by atoms with Crippen LogP contribution in [0.3, 0.4) is 0 Å². The highest BCUT2D eigenvalue weighted by molar-refractivity contribution is 6.30. The molecular weight excluding hydrogens is 350 g/mol. The molecule has 0 radical (unpaired) electrons. The minimum Gasteiger partial charge on any atom is -0.362 e. The zero-order valence-corrected chi connectivity index (χ0v) is 16.1. The molecule has 7 heteroatoms. The second kappa shape index (κ2) is 6.88. The van der Waals surface area contributed by atoms with E-state index in [0.29, 0.717) is 22.2 Å². The fraction of sp³-hybridized carbons (Fsp3) is 0.263. The van der Waals surface area contributed by atoms with Crippen molar-refractivity contribution in [2.75, 3.05) is 24.3 Å². The number of fused-ring (bicyclic) bond motifs is 1. The Balaban J connectivity index is 2.08. The molecule has 2 aromatic heterocycles. The van der Waals surface area contributed by atoms with Gasteiger partial charge in [0, 0.05) is 30.5 Å². The highest BCUT2D eigenvalue weighted by Crippen LogP contribution is 2.26. The van der Waals surface area contributed by atoms with Crippen LogP contribution in [0.4, 0.5) is 11.5 Å². The van der Waals surface area contributed by atoms with E-state index in [0.717, 1.165) is 22.2 Å². The average Bonchev–Trinajstić information content (AvgIpc) is 2.55. The van der Waals surface area contributed by atoms with Gasteiger partial charge in [0.25, 0.3) is 5.91 Å². The molecule has 0 bridgehead atoms. The summed E-state index contributed by atoms with van der Waals surface area (Å²) < 4.78 is 0. The van der Waals surface area contributed by atoms with Crippen LogP contribution in [0.1, 0.15) is 27.4 Å². The average molecular weight is 370 g/mol. The van der Waals surface area contributed by atoms with Crippen molar-refractivity contribution in [1.29, 1.82) is 0 Å². The molecule has 134 valence electrons. The standard InChI is InChI=1S/C19H20ClN5O/c1-10-9-13(20)6-7-14(10)22-19(26)17-23-16-15(18(24-17)25(4)5)11(2)8-12(3)21-16/h6-9H,1-5H3,(H,22,26). The predicted octanol–water partition coefficient (Wildman–Crippen LogP) is 3.92. The van der Waals surface area contributed by atoms with Gasteiger partial charge in [-0.3, -0.25) is 4.79 Å². The first-order chi connectivity index (χ1) is 12.3. The van der Waals surface area contributed by atoms with Gasteiger partial charge >= 0.3 is 0 Å². The second-order valence-corrected chi connectivity index (χ2v) is 6.89. The molecule has 6 nitrogen and oxygen atoms in total. The Hall–Kier alpha value is -2.73. The van der Waals surface area contributed by atoms with E-state index in [-0.39, 0.29) is 11.7 Å². The highest BCUT2D eigenvalue weighted by atomic mass is 35.5. The zero-order chi connectivity index (χ0) is 19.0. The van der Waals surface area contributed by atoms with E-state index >= 15 is 0 Å². The Labute approximate surface area is 157 Å². The summed E-state index contributed by atoms with van der Waals surface area (Å²) in [6.07, 6.45) is 0. The van der Waals surface area contributed by atoms with Gasteiger partial charge in [0.15, 0.2) is 5.65 Å². The molecule has 0 aliphatic rings. The molecular formula is C19H20ClN5O. The summed E-state index contributed by atoms with van der Waals surface area (Å²) in [5, 5.41) is 4.31. The van der Waals surface area contributed by atoms with Crippen LogP contribution >= 0.6 is 11.6 Å². The van der Waals surface area contributed by atoms with Crippen molar-refractivity contribution in [3.63, 3.8) is 0 Å². The quantitative estimate of drug-likeness (QED) is 0.757. The van der Waals surface area contributed by atoms with E-state index in [2.05, 4.69) is 20.3 Å². The summed E-state index contributed by atoms with van der Waals surface area (Å²) in [7, 11) is 3.76. The van der Waals surface area contributed by atoms with Crippen molar-refractivity contribution in [3.05, 3.63) is 51.9 Å². The van der Waals surface area contributed by atoms with E-state index in [4.69, 9.17) is 11.6 Å². The largest absolute Gasteiger partial charge is 0.362 e. The maximum absolute atomic E-state index is 12.7. The summed E-state index contributed by atoms with van der Waals surface area (Å²) in [5.74, 6) is 0.354. The van der Waals surface area contributed by atoms with Crippen LogP contribution in [0.15, 0.2) is 24.3 Å². The first-order valence-corrected chi connectivity index (χ1v) is 8.55. The summed E-state index contributed by atoms with van der Waals surface area (Å²) in [6.45, 7) is 5.77. The van der Waals surface area contributed by atoms with Gasteiger partial charge in [0.2, 0.25) is 5.82 Å². The molecule has 2 heterocycles. The summed E-state index contributed by atoms with van der Waals surface area (Å²) in [4.78, 5) is 27.9. The van der Waals surface area contributed by atoms with Crippen LogP contribution in [-0.4, -0.2) is 35.0 Å². The monoisotopic (exact) mass is 369 g/mol. The van der Waals surface area contributed by atoms with Gasteiger partial charge < -0.3 is 10.2 Å². The number of carbonyl (C=O) groups excluding carboxylic acids is 1. The van der Waals surface area contributed by atoms with E-state index in [9.17, 15) is 4.79 Å². The van der Waals surface area contributed by atoms with Crippen molar-refractivity contribution in [3.8, 4) is 0 Å². The first kappa shape index (κ1) is 18.1. The van der Waals surface area contributed by atoms with E-state index in [1.807, 2.05) is 45.8 Å². The summed E-state index contributed by atoms with van der Waals surface area (Å²) >= 11 is 5.97. The van der Waals surface area contributed by atoms with Crippen molar-refractivity contribution < 1.29 is 4.79 Å². The maximum Gasteiger partial charge on any atom is 0.293 e. The number of benzene rings is 1. The van der Waals surface area contributed by atoms with Crippen LogP contribution in [-0.2, 0) is 0 Å². The van der Waals surface area contributed by atoms with Gasteiger partial charge in [-0.05, 0) is 56.2 Å². The molecule has 1 N–H and O–H groups in total. The van der Waals surface area contributed by atoms with Crippen LogP contribution in [0, 0.1) is 20.8 Å². The number of anilines is 2. The minimum absolute atomic E-state index is 0.0769. The number of amides is 1. The lowest BCUT2D eigenvalue weighted by Crippen LogP contribution is -2.20. The molecule has 26 heavy (non-hydrogen) atoms. The number of rotatable bonds is 3. The van der Waals surface area contributed by atoms with Gasteiger partial charge in [0.1, 0.15) is 5.82 Å². The van der Waals surface area contributed by atoms with Crippen molar-refractivity contribution in [2.45, 2.75) is 20.8 Å². The van der Waals surface area contributed by atoms with E-state index in [1.165, 1.54) is 0 Å². The molecule has 0 unspecified atom stereocenters. The second-order valence-electron chi connectivity index (χ2n) is 6.46. The number of nitrogens with one attached hydrogen (secondary N) is 1. The predicted molar refractivity (Wildman–Crippen MR) is 105 cm³/mol. The van der Waals surface area contributed by atoms with Gasteiger partial charge in [-0.1, -0.05) is 11.6 Å². The molecule has 3 rings (SSSR count). The van der Waals surface area contributed by atoms with Gasteiger partial charge in [-0.15, -0.1) is 0 Å². The molecule has 0 fully saturated rings. The van der Waals surface area contributed by atoms with Crippen LogP contribution in [0.2, 0.25) is 5.02 Å². The van der Waals surface area contributed by atoms with Gasteiger partial charge in [-0.25, -0.2) is 15.0 Å². The Bertz CT molecular complexity index is 1020. The molecule has 0 saturated heterocycles. The van der Waals surface area contributed by atoms with Crippen molar-refractivity contribution in [2.24, 2.45) is 0 Å². The molecule has 0 saturated carbocycles. The Morgan fingerprint density at radius 2 is 1.77 bits per heavy atom. The molecule has 0 spiro atoms. The third-order valence-corrected chi connectivity index (χ3v) is 4.27. The summed E-state index contributed by atoms with van der Waals surface area (Å²) in [6, 6.07) is 7.26. The van der Waals surface area contributed by atoms with Gasteiger partial charge in [-0.2, -0.15) is 0 Å². The summed E-state index contributed by atoms with van der Waals surface area (Å²) in [5.41, 5.74) is 3.92. The Kier molecular flexibility index (Phi) is 4.78. The zero-order valence-electron chi connectivity index (χ0n) is 15.4. The normalized spacial score (nSPS) is 10.8. The van der Waals surface area contributed by atoms with Crippen LogP contribution in [0.5, 0.6) is 0 Å². The maximum atomic E-state index is 12.7. The van der Waals surface area contributed by atoms with Crippen LogP contribution in [0.25, 0.3) is 11.0 Å². The van der Waals surface area contributed by atoms with E-state index < -0.39 is 0 Å². The number of pyridine rings is 1. The third-order valence-electron chi connectivity index (χ3n) is 4.04. The number of hydrogen-bond donors (Lipinski definition) is 1. The van der Waals surface area contributed by atoms with Crippen LogP contribution < -0.4 is 10.2 Å². The number of aryl methyl sites for hydroxylation is 3. The molecule has 0 aliphatic carbocycles. The number of aromatic nitrogens is 3. The smallest absolute Gasteiger partial charge is 0.293 e. The molecule has 1 aromatic carbocycles. The highest BCUT2D eigenvalue weighted by Gasteiger charge is 2.18. The lowest BCUT2D eigenvalue weighted by atomic mass is 10.1. The lowest BCUT2D eigenvalue weighted by Gasteiger charge is -2.17. The minimum atomic E-state index is -0.388. The molecule has 0 aliphatic heterocycles. The number of halogens is 1. The van der Waals surface area contributed by atoms with Crippen molar-refractivity contribution in [1.82, 2.24) is 15.0 Å². The molecule has 1 amide bonds. The third kappa shape index (κ3) is 3.46. The molecule has 0 atom stereocenters. The topological polar surface area (TPSA) is 71.0 Å². The number of hydrogen-bond acceptors (Lipinski definition) is 5. The van der Waals surface area contributed by atoms with Gasteiger partial charge in [0.05, 0.1) is 5.39 Å². The van der Waals surface area contributed by atoms with Crippen molar-refractivity contribution >= 4 is 40.0 Å². The number of nitrogens with zero attached hydrogens (tertiary/aromatic N) is 4.